The van der Waals surface area contributed by atoms with E-state index in [1.165, 1.54) is 51.4 Å². The molecule has 606 valence electrons. The summed E-state index contributed by atoms with van der Waals surface area (Å²) in [6, 6.07) is 0. The van der Waals surface area contributed by atoms with Crippen molar-refractivity contribution in [3.8, 4) is 0 Å². The molecule has 19 heteroatoms. The molecule has 0 aromatic rings. The van der Waals surface area contributed by atoms with Crippen LogP contribution in [0.15, 0.2) is 146 Å². The highest BCUT2D eigenvalue weighted by Gasteiger charge is 2.30. The Morgan fingerprint density at radius 1 is 0.274 bits per heavy atom. The number of carbonyl (C=O) groups excluding carboxylic acids is 4. The van der Waals surface area contributed by atoms with Crippen molar-refractivity contribution in [2.75, 3.05) is 39.6 Å². The number of allylic oxidation sites excluding steroid dienone is 24. The number of hydrogen-bond donors (Lipinski definition) is 3. The zero-order valence-corrected chi connectivity index (χ0v) is 68.1. The minimum absolute atomic E-state index is 0.0667. The van der Waals surface area contributed by atoms with E-state index in [1.807, 2.05) is 0 Å². The molecule has 0 saturated carbocycles. The number of hydrogen-bond acceptors (Lipinski definition) is 15. The molecule has 0 aliphatic heterocycles. The Morgan fingerprint density at radius 3 is 0.764 bits per heavy atom. The fourth-order valence-electron chi connectivity index (χ4n) is 10.7. The highest BCUT2D eigenvalue weighted by atomic mass is 31.2. The van der Waals surface area contributed by atoms with Gasteiger partial charge in [0.1, 0.15) is 19.3 Å². The van der Waals surface area contributed by atoms with E-state index in [-0.39, 0.29) is 25.7 Å². The summed E-state index contributed by atoms with van der Waals surface area (Å²) in [5.74, 6) is -2.24. The summed E-state index contributed by atoms with van der Waals surface area (Å²) in [5.41, 5.74) is 0. The van der Waals surface area contributed by atoms with Crippen LogP contribution in [0.2, 0.25) is 0 Å². The molecule has 0 spiro atoms. The normalized spacial score (nSPS) is 14.6. The van der Waals surface area contributed by atoms with E-state index in [0.29, 0.717) is 25.7 Å². The van der Waals surface area contributed by atoms with Crippen LogP contribution in [0.5, 0.6) is 0 Å². The summed E-state index contributed by atoms with van der Waals surface area (Å²) in [5, 5.41) is 10.7. The average molecular weight is 1530 g/mol. The van der Waals surface area contributed by atoms with Gasteiger partial charge in [-0.2, -0.15) is 0 Å². The molecule has 0 aliphatic rings. The molecule has 0 aromatic carbocycles. The number of esters is 4. The maximum Gasteiger partial charge on any atom is 0.472 e. The van der Waals surface area contributed by atoms with Gasteiger partial charge in [-0.05, 0) is 141 Å². The molecule has 0 bridgehead atoms. The predicted octanol–water partition coefficient (Wildman–Crippen LogP) is 24.2. The maximum absolute atomic E-state index is 13.1. The first-order valence-corrected chi connectivity index (χ1v) is 44.1. The summed E-state index contributed by atoms with van der Waals surface area (Å²) in [6.45, 7) is 4.49. The minimum atomic E-state index is -5.00. The molecule has 0 radical (unpaired) electrons. The van der Waals surface area contributed by atoms with Gasteiger partial charge in [0, 0.05) is 25.7 Å². The number of aliphatic hydroxyl groups excluding tert-OH is 1. The van der Waals surface area contributed by atoms with Crippen LogP contribution in [-0.2, 0) is 65.4 Å². The SMILES string of the molecule is CC/C=C\C/C=C\C/C=C\C/C=C\C/C=C\CCCCCC(=O)OCC(COP(=O)(O)OCC(O)COP(=O)(O)OCC(COC(=O)CCCCCCC/C=C\C/C=C\C/C=C\CC)OC(=O)CCCCCCCCCCCCCCC)OC(=O)CCCCCCCC/C=C\C/C=C\C/C=C\C/C=C\CC. The fraction of sp³-hybridized carbons (Fsp3) is 0.678. The molecule has 5 unspecified atom stereocenters. The van der Waals surface area contributed by atoms with E-state index < -0.39 is 97.5 Å². The number of phosphoric ester groups is 2. The van der Waals surface area contributed by atoms with E-state index in [4.69, 9.17) is 37.0 Å². The smallest absolute Gasteiger partial charge is 0.462 e. The molecule has 0 rings (SSSR count). The van der Waals surface area contributed by atoms with Crippen molar-refractivity contribution in [1.29, 1.82) is 0 Å². The van der Waals surface area contributed by atoms with Gasteiger partial charge in [-0.25, -0.2) is 9.13 Å². The third-order valence-corrected chi connectivity index (χ3v) is 18.7. The van der Waals surface area contributed by atoms with Gasteiger partial charge >= 0.3 is 39.5 Å². The Morgan fingerprint density at radius 2 is 0.491 bits per heavy atom. The first-order valence-electron chi connectivity index (χ1n) is 41.1. The van der Waals surface area contributed by atoms with E-state index in [2.05, 4.69) is 174 Å². The third-order valence-electron chi connectivity index (χ3n) is 16.8. The monoisotopic (exact) mass is 1530 g/mol. The molecule has 0 fully saturated rings. The number of rotatable bonds is 76. The van der Waals surface area contributed by atoms with Crippen molar-refractivity contribution in [3.05, 3.63) is 146 Å². The summed E-state index contributed by atoms with van der Waals surface area (Å²) >= 11 is 0. The average Bonchev–Trinajstić information content (AvgIpc) is 0.903. The third kappa shape index (κ3) is 77.1. The van der Waals surface area contributed by atoms with Crippen LogP contribution in [0, 0.1) is 0 Å². The summed E-state index contributed by atoms with van der Waals surface area (Å²) in [4.78, 5) is 73.1. The molecule has 0 aromatic heterocycles. The van der Waals surface area contributed by atoms with Gasteiger partial charge in [-0.15, -0.1) is 0 Å². The second-order valence-electron chi connectivity index (χ2n) is 26.9. The zero-order chi connectivity index (χ0) is 77.4. The first kappa shape index (κ1) is 101. The number of carbonyl (C=O) groups is 4. The Hall–Kier alpha value is -5.06. The van der Waals surface area contributed by atoms with Crippen LogP contribution in [0.1, 0.15) is 323 Å². The van der Waals surface area contributed by atoms with Crippen LogP contribution in [0.25, 0.3) is 0 Å². The second kappa shape index (κ2) is 78.1. The number of aliphatic hydroxyl groups is 1. The molecular formula is C87H146O17P2. The Kier molecular flexibility index (Phi) is 74.3. The number of ether oxygens (including phenoxy) is 4. The summed E-state index contributed by atoms with van der Waals surface area (Å²) in [6.07, 6.45) is 89.6. The van der Waals surface area contributed by atoms with Crippen LogP contribution in [-0.4, -0.2) is 96.7 Å². The van der Waals surface area contributed by atoms with Crippen LogP contribution < -0.4 is 0 Å². The molecule has 5 atom stereocenters. The largest absolute Gasteiger partial charge is 0.472 e. The van der Waals surface area contributed by atoms with Crippen molar-refractivity contribution in [2.45, 2.75) is 341 Å². The molecule has 3 N–H and O–H groups in total. The van der Waals surface area contributed by atoms with Crippen molar-refractivity contribution in [3.63, 3.8) is 0 Å². The summed E-state index contributed by atoms with van der Waals surface area (Å²) in [7, 11) is -9.98. The molecule has 0 saturated heterocycles. The standard InChI is InChI=1S/C87H146O17P2/c1-5-9-13-17-21-25-29-33-36-38-40-42-45-49-52-56-60-64-68-72-85(90)98-78-83(104-87(92)74-70-66-62-58-54-50-46-43-41-39-37-34-30-26-22-18-14-10-6-2)80-102-106(95,96)100-76-81(88)75-99-105(93,94)101-79-82(103-86(91)73-69-65-61-57-53-47-32-28-24-20-16-12-8-4)77-97-84(89)71-67-63-59-55-51-48-44-35-31-27-23-19-15-11-7-3/h9-11,13-15,21-23,25-27,33-37,40-44,49,52,81-83,88H,5-8,12,16-20,24,28-32,38-39,45-48,50-51,53-80H2,1-4H3,(H,93,94)(H,95,96)/b13-9-,14-10-,15-11-,25-21-,26-22-,27-23-,36-33-,37-34-,42-40-,43-41-,44-35-,52-49-. The predicted molar refractivity (Wildman–Crippen MR) is 436 cm³/mol. The van der Waals surface area contributed by atoms with E-state index in [9.17, 15) is 43.2 Å². The van der Waals surface area contributed by atoms with Crippen molar-refractivity contribution in [2.24, 2.45) is 0 Å². The Bertz CT molecular complexity index is 2580. The lowest BCUT2D eigenvalue weighted by Gasteiger charge is -2.21. The zero-order valence-electron chi connectivity index (χ0n) is 66.3. The van der Waals surface area contributed by atoms with Crippen LogP contribution in [0.3, 0.4) is 0 Å². The van der Waals surface area contributed by atoms with E-state index in [0.717, 1.165) is 193 Å². The molecule has 0 heterocycles. The van der Waals surface area contributed by atoms with Gasteiger partial charge < -0.3 is 33.8 Å². The second-order valence-corrected chi connectivity index (χ2v) is 29.8. The minimum Gasteiger partial charge on any atom is -0.462 e. The molecule has 106 heavy (non-hydrogen) atoms. The lowest BCUT2D eigenvalue weighted by atomic mass is 10.0. The van der Waals surface area contributed by atoms with Crippen LogP contribution >= 0.6 is 15.6 Å². The van der Waals surface area contributed by atoms with Crippen molar-refractivity contribution in [1.82, 2.24) is 0 Å². The summed E-state index contributed by atoms with van der Waals surface area (Å²) < 4.78 is 68.7. The Labute approximate surface area is 643 Å². The fourth-order valence-corrected chi connectivity index (χ4v) is 12.2. The molecule has 17 nitrogen and oxygen atoms in total. The lowest BCUT2D eigenvalue weighted by molar-refractivity contribution is -0.161. The Balaban J connectivity index is 5.42. The molecule has 0 amide bonds. The number of unbranched alkanes of at least 4 members (excludes halogenated alkanes) is 26. The van der Waals surface area contributed by atoms with Crippen LogP contribution in [0.4, 0.5) is 0 Å². The van der Waals surface area contributed by atoms with Gasteiger partial charge in [0.2, 0.25) is 0 Å². The molecular weight excluding hydrogens is 1380 g/mol. The highest BCUT2D eigenvalue weighted by Crippen LogP contribution is 2.45. The first-order chi connectivity index (χ1) is 51.7. The quantitative estimate of drug-likeness (QED) is 0.0169. The van der Waals surface area contributed by atoms with Gasteiger partial charge in [0.25, 0.3) is 0 Å². The van der Waals surface area contributed by atoms with E-state index in [1.54, 1.807) is 0 Å². The van der Waals surface area contributed by atoms with Gasteiger partial charge in [-0.1, -0.05) is 302 Å². The van der Waals surface area contributed by atoms with Crippen molar-refractivity contribution >= 4 is 39.5 Å². The topological polar surface area (TPSA) is 237 Å². The lowest BCUT2D eigenvalue weighted by Crippen LogP contribution is -2.30. The maximum atomic E-state index is 13.1. The van der Waals surface area contributed by atoms with Crippen molar-refractivity contribution < 1.29 is 80.2 Å². The molecule has 0 aliphatic carbocycles. The van der Waals surface area contributed by atoms with Gasteiger partial charge in [0.15, 0.2) is 12.2 Å². The van der Waals surface area contributed by atoms with Gasteiger partial charge in [-0.3, -0.25) is 37.3 Å². The highest BCUT2D eigenvalue weighted by molar-refractivity contribution is 7.47. The number of phosphoric acid groups is 2. The van der Waals surface area contributed by atoms with Gasteiger partial charge in [0.05, 0.1) is 26.4 Å². The van der Waals surface area contributed by atoms with E-state index >= 15 is 0 Å².